The maximum Gasteiger partial charge on any atom is 0.224 e. The maximum absolute atomic E-state index is 12.8. The Kier molecular flexibility index (Phi) is 4.69. The van der Waals surface area contributed by atoms with E-state index in [1.54, 1.807) is 12.4 Å². The van der Waals surface area contributed by atoms with E-state index in [0.717, 1.165) is 41.7 Å². The average molecular weight is 348 g/mol. The van der Waals surface area contributed by atoms with Crippen molar-refractivity contribution < 1.29 is 4.79 Å². The van der Waals surface area contributed by atoms with Crippen molar-refractivity contribution in [3.63, 3.8) is 0 Å². The number of aromatic nitrogens is 3. The second-order valence-electron chi connectivity index (χ2n) is 7.02. The van der Waals surface area contributed by atoms with Gasteiger partial charge in [-0.3, -0.25) is 9.78 Å². The monoisotopic (exact) mass is 348 g/mol. The molecule has 5 nitrogen and oxygen atoms in total. The van der Waals surface area contributed by atoms with Crippen molar-refractivity contribution in [3.05, 3.63) is 48.9 Å². The molecule has 0 N–H and O–H groups in total. The zero-order chi connectivity index (χ0) is 17.9. The average Bonchev–Trinajstić information content (AvgIpc) is 3.06. The number of carbonyl (C=O) groups excluding carboxylic acids is 1. The van der Waals surface area contributed by atoms with Crippen LogP contribution in [0, 0.1) is 0 Å². The molecule has 26 heavy (non-hydrogen) atoms. The number of likely N-dealkylation sites (tertiary alicyclic amines) is 1. The van der Waals surface area contributed by atoms with Crippen LogP contribution in [0.25, 0.3) is 22.3 Å². The Bertz CT molecular complexity index is 903. The maximum atomic E-state index is 12.8. The number of fused-ring (bicyclic) bond motifs is 1. The number of pyridine rings is 2. The van der Waals surface area contributed by atoms with Crippen molar-refractivity contribution in [1.29, 1.82) is 0 Å². The summed E-state index contributed by atoms with van der Waals surface area (Å²) in [7, 11) is 0. The number of rotatable bonds is 4. The Labute approximate surface area is 153 Å². The van der Waals surface area contributed by atoms with Crippen LogP contribution in [0.2, 0.25) is 0 Å². The Morgan fingerprint density at radius 3 is 2.85 bits per heavy atom. The van der Waals surface area contributed by atoms with Crippen LogP contribution in [0.5, 0.6) is 0 Å². The number of amides is 1. The fraction of sp³-hybridized carbons (Fsp3) is 0.381. The van der Waals surface area contributed by atoms with Crippen LogP contribution in [0.15, 0.2) is 48.9 Å². The largest absolute Gasteiger partial charge is 0.340 e. The van der Waals surface area contributed by atoms with E-state index in [9.17, 15) is 4.79 Å². The summed E-state index contributed by atoms with van der Waals surface area (Å²) >= 11 is 0. The molecule has 3 aromatic rings. The lowest BCUT2D eigenvalue weighted by Crippen LogP contribution is -2.42. The molecule has 4 rings (SSSR count). The predicted octanol–water partition coefficient (Wildman–Crippen LogP) is 3.89. The Balaban J connectivity index is 1.62. The minimum atomic E-state index is 0.246. The van der Waals surface area contributed by atoms with Gasteiger partial charge >= 0.3 is 0 Å². The highest BCUT2D eigenvalue weighted by molar-refractivity contribution is 5.84. The van der Waals surface area contributed by atoms with Crippen molar-refractivity contribution in [1.82, 2.24) is 19.4 Å². The van der Waals surface area contributed by atoms with Gasteiger partial charge in [-0.1, -0.05) is 0 Å². The van der Waals surface area contributed by atoms with Crippen LogP contribution in [0.4, 0.5) is 0 Å². The third kappa shape index (κ3) is 3.21. The molecule has 0 aromatic carbocycles. The zero-order valence-corrected chi connectivity index (χ0v) is 15.1. The number of carbonyl (C=O) groups is 1. The van der Waals surface area contributed by atoms with E-state index in [4.69, 9.17) is 0 Å². The molecule has 134 valence electrons. The van der Waals surface area contributed by atoms with Gasteiger partial charge in [-0.25, -0.2) is 4.98 Å². The summed E-state index contributed by atoms with van der Waals surface area (Å²) in [6.45, 7) is 3.69. The number of hydrogen-bond donors (Lipinski definition) is 0. The van der Waals surface area contributed by atoms with E-state index < -0.39 is 0 Å². The minimum absolute atomic E-state index is 0.246. The number of piperidine rings is 1. The van der Waals surface area contributed by atoms with Crippen molar-refractivity contribution in [2.75, 3.05) is 6.54 Å². The van der Waals surface area contributed by atoms with Crippen LogP contribution in [-0.2, 0) is 11.3 Å². The lowest BCUT2D eigenvalue weighted by molar-refractivity contribution is -0.134. The molecule has 1 aliphatic heterocycles. The SMILES string of the molecule is C[C@@H]1CCCCN1C(=O)CCn1c(-c2ccncc2)cc2cccnc21. The van der Waals surface area contributed by atoms with Gasteiger partial charge in [-0.05, 0) is 56.5 Å². The van der Waals surface area contributed by atoms with Gasteiger partial charge in [0, 0.05) is 55.1 Å². The van der Waals surface area contributed by atoms with Gasteiger partial charge in [0.05, 0.1) is 5.69 Å². The van der Waals surface area contributed by atoms with E-state index in [1.165, 1.54) is 6.42 Å². The van der Waals surface area contributed by atoms with Crippen molar-refractivity contribution in [3.8, 4) is 11.3 Å². The molecule has 4 heterocycles. The molecule has 3 aromatic heterocycles. The molecule has 1 aliphatic rings. The zero-order valence-electron chi connectivity index (χ0n) is 15.1. The first-order valence-corrected chi connectivity index (χ1v) is 9.38. The topological polar surface area (TPSA) is 51.0 Å². The Morgan fingerprint density at radius 2 is 2.04 bits per heavy atom. The number of hydrogen-bond acceptors (Lipinski definition) is 3. The van der Waals surface area contributed by atoms with Crippen LogP contribution >= 0.6 is 0 Å². The van der Waals surface area contributed by atoms with Crippen molar-refractivity contribution >= 4 is 16.9 Å². The highest BCUT2D eigenvalue weighted by Gasteiger charge is 2.23. The molecule has 1 saturated heterocycles. The van der Waals surface area contributed by atoms with Crippen molar-refractivity contribution in [2.45, 2.75) is 45.2 Å². The summed E-state index contributed by atoms with van der Waals surface area (Å²) in [6, 6.07) is 10.5. The molecular weight excluding hydrogens is 324 g/mol. The molecule has 1 atom stereocenters. The van der Waals surface area contributed by atoms with E-state index in [0.29, 0.717) is 19.0 Å². The smallest absolute Gasteiger partial charge is 0.224 e. The van der Waals surface area contributed by atoms with Gasteiger partial charge in [-0.15, -0.1) is 0 Å². The van der Waals surface area contributed by atoms with Gasteiger partial charge in [0.1, 0.15) is 5.65 Å². The molecule has 1 fully saturated rings. The number of nitrogens with zero attached hydrogens (tertiary/aromatic N) is 4. The highest BCUT2D eigenvalue weighted by atomic mass is 16.2. The summed E-state index contributed by atoms with van der Waals surface area (Å²) in [4.78, 5) is 23.5. The fourth-order valence-corrected chi connectivity index (χ4v) is 3.89. The normalized spacial score (nSPS) is 17.6. The van der Waals surface area contributed by atoms with E-state index in [-0.39, 0.29) is 5.91 Å². The van der Waals surface area contributed by atoms with E-state index >= 15 is 0 Å². The standard InChI is InChI=1S/C21H24N4O/c1-16-5-2-3-13-24(16)20(26)9-14-25-19(17-7-11-22-12-8-17)15-18-6-4-10-23-21(18)25/h4,6-8,10-12,15-16H,2-3,5,9,13-14H2,1H3/t16-/m1/s1. The molecule has 1 amide bonds. The summed E-state index contributed by atoms with van der Waals surface area (Å²) in [5, 5.41) is 1.10. The summed E-state index contributed by atoms with van der Waals surface area (Å²) in [5.41, 5.74) is 3.11. The van der Waals surface area contributed by atoms with Gasteiger partial charge in [0.2, 0.25) is 5.91 Å². The number of aryl methyl sites for hydroxylation is 1. The van der Waals surface area contributed by atoms with Crippen LogP contribution < -0.4 is 0 Å². The molecule has 5 heteroatoms. The molecule has 0 radical (unpaired) electrons. The van der Waals surface area contributed by atoms with Crippen molar-refractivity contribution in [2.24, 2.45) is 0 Å². The summed E-state index contributed by atoms with van der Waals surface area (Å²) in [5.74, 6) is 0.246. The van der Waals surface area contributed by atoms with E-state index in [1.807, 2.05) is 24.4 Å². The van der Waals surface area contributed by atoms with Crippen LogP contribution in [0.3, 0.4) is 0 Å². The molecule has 0 spiro atoms. The second kappa shape index (κ2) is 7.28. The first-order chi connectivity index (χ1) is 12.7. The van der Waals surface area contributed by atoms with Crippen LogP contribution in [0.1, 0.15) is 32.6 Å². The van der Waals surface area contributed by atoms with E-state index in [2.05, 4.69) is 38.5 Å². The summed E-state index contributed by atoms with van der Waals surface area (Å²) < 4.78 is 2.16. The third-order valence-corrected chi connectivity index (χ3v) is 5.30. The molecular formula is C21H24N4O. The molecule has 0 unspecified atom stereocenters. The highest BCUT2D eigenvalue weighted by Crippen LogP contribution is 2.27. The second-order valence-corrected chi connectivity index (χ2v) is 7.02. The Hall–Kier alpha value is -2.69. The molecule has 0 saturated carbocycles. The molecule has 0 bridgehead atoms. The van der Waals surface area contributed by atoms with Gasteiger partial charge in [-0.2, -0.15) is 0 Å². The lowest BCUT2D eigenvalue weighted by Gasteiger charge is -2.33. The van der Waals surface area contributed by atoms with Gasteiger partial charge < -0.3 is 9.47 Å². The minimum Gasteiger partial charge on any atom is -0.340 e. The fourth-order valence-electron chi connectivity index (χ4n) is 3.89. The van der Waals surface area contributed by atoms with Gasteiger partial charge in [0.15, 0.2) is 0 Å². The lowest BCUT2D eigenvalue weighted by atomic mass is 10.0. The van der Waals surface area contributed by atoms with Crippen LogP contribution in [-0.4, -0.2) is 37.9 Å². The quantitative estimate of drug-likeness (QED) is 0.719. The van der Waals surface area contributed by atoms with Gasteiger partial charge in [0.25, 0.3) is 0 Å². The Morgan fingerprint density at radius 1 is 1.19 bits per heavy atom. The predicted molar refractivity (Wildman–Crippen MR) is 103 cm³/mol. The first kappa shape index (κ1) is 16.8. The summed E-state index contributed by atoms with van der Waals surface area (Å²) in [6.07, 6.45) is 9.36. The molecule has 0 aliphatic carbocycles. The first-order valence-electron chi connectivity index (χ1n) is 9.38. The third-order valence-electron chi connectivity index (χ3n) is 5.30.